The van der Waals surface area contributed by atoms with Gasteiger partial charge >= 0.3 is 5.97 Å². The number of carboxylic acids is 1. The van der Waals surface area contributed by atoms with Crippen molar-refractivity contribution in [2.75, 3.05) is 0 Å². The minimum atomic E-state index is -1.05. The lowest BCUT2D eigenvalue weighted by Crippen LogP contribution is -2.47. The number of carbonyl (C=O) groups is 1. The highest BCUT2D eigenvalue weighted by molar-refractivity contribution is 5.74. The quantitative estimate of drug-likeness (QED) is 0.651. The predicted molar refractivity (Wildman–Crippen MR) is 58.3 cm³/mol. The van der Waals surface area contributed by atoms with Crippen molar-refractivity contribution in [1.29, 1.82) is 0 Å². The van der Waals surface area contributed by atoms with Crippen LogP contribution in [0.4, 0.5) is 0 Å². The second-order valence-corrected chi connectivity index (χ2v) is 3.55. The molecule has 1 rings (SSSR count). The molecule has 0 bridgehead atoms. The summed E-state index contributed by atoms with van der Waals surface area (Å²) in [6.45, 7) is 0. The summed E-state index contributed by atoms with van der Waals surface area (Å²) in [7, 11) is 0. The summed E-state index contributed by atoms with van der Waals surface area (Å²) in [5, 5.41) is 8.64. The largest absolute Gasteiger partial charge is 0.480 e. The summed E-state index contributed by atoms with van der Waals surface area (Å²) in [6.07, 6.45) is 1.33. The van der Waals surface area contributed by atoms with E-state index in [-0.39, 0.29) is 0 Å². The van der Waals surface area contributed by atoms with Gasteiger partial charge < -0.3 is 16.6 Å². The highest BCUT2D eigenvalue weighted by Gasteiger charge is 2.19. The van der Waals surface area contributed by atoms with Crippen LogP contribution < -0.4 is 11.5 Å². The second kappa shape index (κ2) is 5.48. The van der Waals surface area contributed by atoms with Crippen LogP contribution in [0.15, 0.2) is 30.3 Å². The van der Waals surface area contributed by atoms with E-state index in [1.807, 2.05) is 30.3 Å². The van der Waals surface area contributed by atoms with Gasteiger partial charge in [0.15, 0.2) is 0 Å². The lowest BCUT2D eigenvalue weighted by atomic mass is 10.0. The molecule has 2 atom stereocenters. The van der Waals surface area contributed by atoms with Crippen molar-refractivity contribution in [3.8, 4) is 0 Å². The molecule has 0 aliphatic carbocycles. The molecule has 82 valence electrons. The zero-order chi connectivity index (χ0) is 11.3. The number of nitrogens with two attached hydrogens (primary N) is 2. The lowest BCUT2D eigenvalue weighted by Gasteiger charge is -2.15. The van der Waals surface area contributed by atoms with Gasteiger partial charge in [0.05, 0.1) is 0 Å². The van der Waals surface area contributed by atoms with Crippen molar-refractivity contribution in [3.63, 3.8) is 0 Å². The highest BCUT2D eigenvalue weighted by Crippen LogP contribution is 2.05. The van der Waals surface area contributed by atoms with Crippen LogP contribution in [0, 0.1) is 0 Å². The van der Waals surface area contributed by atoms with Crippen molar-refractivity contribution in [1.82, 2.24) is 0 Å². The molecule has 0 aliphatic rings. The van der Waals surface area contributed by atoms with Gasteiger partial charge in [-0.05, 0) is 18.4 Å². The maximum atomic E-state index is 10.5. The minimum Gasteiger partial charge on any atom is -0.480 e. The molecule has 1 aromatic carbocycles. The molecule has 15 heavy (non-hydrogen) atoms. The molecule has 0 amide bonds. The maximum Gasteiger partial charge on any atom is 0.322 e. The van der Waals surface area contributed by atoms with E-state index in [2.05, 4.69) is 0 Å². The third kappa shape index (κ3) is 3.69. The Labute approximate surface area is 88.9 Å². The van der Waals surface area contributed by atoms with Gasteiger partial charge in [-0.15, -0.1) is 0 Å². The van der Waals surface area contributed by atoms with Crippen LogP contribution in [0.1, 0.15) is 12.0 Å². The van der Waals surface area contributed by atoms with Crippen LogP contribution in [0.2, 0.25) is 0 Å². The number of rotatable bonds is 5. The molecule has 5 N–H and O–H groups in total. The van der Waals surface area contributed by atoms with Crippen LogP contribution in [0.3, 0.4) is 0 Å². The normalized spacial score (nSPS) is 14.5. The third-order valence-electron chi connectivity index (χ3n) is 2.36. The summed E-state index contributed by atoms with van der Waals surface area (Å²) in [5.74, 6) is -1.05. The Morgan fingerprint density at radius 3 is 2.40 bits per heavy atom. The van der Waals surface area contributed by atoms with Crippen molar-refractivity contribution < 1.29 is 9.90 Å². The van der Waals surface area contributed by atoms with Gasteiger partial charge in [0.1, 0.15) is 6.04 Å². The molecular weight excluding hydrogens is 192 g/mol. The van der Waals surface area contributed by atoms with Gasteiger partial charge in [0.25, 0.3) is 0 Å². The first-order valence-electron chi connectivity index (χ1n) is 4.89. The Kier molecular flexibility index (Phi) is 4.27. The van der Waals surface area contributed by atoms with Crippen LogP contribution in [0.5, 0.6) is 0 Å². The first-order valence-corrected chi connectivity index (χ1v) is 4.89. The van der Waals surface area contributed by atoms with E-state index >= 15 is 0 Å². The molecule has 0 aromatic heterocycles. The number of hydrogen-bond donors (Lipinski definition) is 3. The van der Waals surface area contributed by atoms with Gasteiger partial charge in [-0.2, -0.15) is 0 Å². The summed E-state index contributed by atoms with van der Waals surface area (Å²) >= 11 is 0. The van der Waals surface area contributed by atoms with Crippen molar-refractivity contribution in [3.05, 3.63) is 35.9 Å². The van der Waals surface area contributed by atoms with E-state index < -0.39 is 18.1 Å². The van der Waals surface area contributed by atoms with E-state index in [9.17, 15) is 4.79 Å². The Hall–Kier alpha value is -1.39. The van der Waals surface area contributed by atoms with Crippen LogP contribution in [0.25, 0.3) is 0 Å². The average molecular weight is 208 g/mol. The van der Waals surface area contributed by atoms with E-state index in [0.29, 0.717) is 6.42 Å². The zero-order valence-electron chi connectivity index (χ0n) is 8.47. The fourth-order valence-corrected chi connectivity index (χ4v) is 1.34. The fraction of sp³-hybridized carbons (Fsp3) is 0.364. The van der Waals surface area contributed by atoms with Crippen molar-refractivity contribution in [2.45, 2.75) is 24.9 Å². The molecule has 2 unspecified atom stereocenters. The number of aliphatic carboxylic acids is 1. The van der Waals surface area contributed by atoms with Gasteiger partial charge in [-0.3, -0.25) is 4.79 Å². The smallest absolute Gasteiger partial charge is 0.322 e. The Balaban J connectivity index is 2.41. The first kappa shape index (κ1) is 11.7. The zero-order valence-corrected chi connectivity index (χ0v) is 8.47. The first-order chi connectivity index (χ1) is 7.11. The van der Waals surface area contributed by atoms with E-state index in [0.717, 1.165) is 12.0 Å². The Morgan fingerprint density at radius 2 is 1.87 bits per heavy atom. The molecule has 0 saturated heterocycles. The molecule has 0 saturated carbocycles. The lowest BCUT2D eigenvalue weighted by molar-refractivity contribution is -0.139. The molecule has 1 aromatic rings. The molecular formula is C11H16N2O2. The minimum absolute atomic E-state index is 0.497. The summed E-state index contributed by atoms with van der Waals surface area (Å²) in [4.78, 5) is 10.5. The van der Waals surface area contributed by atoms with Crippen LogP contribution >= 0.6 is 0 Å². The highest BCUT2D eigenvalue weighted by atomic mass is 16.4. The fourth-order valence-electron chi connectivity index (χ4n) is 1.34. The molecule has 0 spiro atoms. The van der Waals surface area contributed by atoms with Gasteiger partial charge in [-0.25, -0.2) is 0 Å². The van der Waals surface area contributed by atoms with Gasteiger partial charge in [0.2, 0.25) is 0 Å². The predicted octanol–water partition coefficient (Wildman–Crippen LogP) is 0.358. The van der Waals surface area contributed by atoms with Crippen molar-refractivity contribution in [2.24, 2.45) is 11.5 Å². The van der Waals surface area contributed by atoms with Crippen LogP contribution in [-0.4, -0.2) is 23.2 Å². The standard InChI is InChI=1S/C11H16N2O2/c12-9(10(13)11(14)15)7-6-8-4-2-1-3-5-8/h1-5,9-10H,6-7,12-13H2,(H,14,15). The molecule has 0 aliphatic heterocycles. The molecule has 4 nitrogen and oxygen atoms in total. The Bertz CT molecular complexity index is 314. The summed E-state index contributed by atoms with van der Waals surface area (Å²) in [5.41, 5.74) is 12.2. The van der Waals surface area contributed by atoms with E-state index in [1.165, 1.54) is 0 Å². The second-order valence-electron chi connectivity index (χ2n) is 3.55. The van der Waals surface area contributed by atoms with Crippen LogP contribution in [-0.2, 0) is 11.2 Å². The Morgan fingerprint density at radius 1 is 1.27 bits per heavy atom. The molecule has 0 heterocycles. The summed E-state index contributed by atoms with van der Waals surface area (Å²) in [6, 6.07) is 8.32. The SMILES string of the molecule is NC(CCc1ccccc1)C(N)C(=O)O. The van der Waals surface area contributed by atoms with Crippen molar-refractivity contribution >= 4 is 5.97 Å². The maximum absolute atomic E-state index is 10.5. The molecule has 0 radical (unpaired) electrons. The molecule has 0 fully saturated rings. The third-order valence-corrected chi connectivity index (χ3v) is 2.36. The number of hydrogen-bond acceptors (Lipinski definition) is 3. The van der Waals surface area contributed by atoms with E-state index in [1.54, 1.807) is 0 Å². The van der Waals surface area contributed by atoms with Gasteiger partial charge in [-0.1, -0.05) is 30.3 Å². The number of aryl methyl sites for hydroxylation is 1. The molecule has 4 heteroatoms. The topological polar surface area (TPSA) is 89.3 Å². The summed E-state index contributed by atoms with van der Waals surface area (Å²) < 4.78 is 0. The number of carboxylic acid groups (broad SMARTS) is 1. The number of benzene rings is 1. The van der Waals surface area contributed by atoms with E-state index in [4.69, 9.17) is 16.6 Å². The average Bonchev–Trinajstić information content (AvgIpc) is 2.26. The monoisotopic (exact) mass is 208 g/mol. The van der Waals surface area contributed by atoms with Gasteiger partial charge in [0, 0.05) is 6.04 Å².